The van der Waals surface area contributed by atoms with Crippen LogP contribution in [-0.4, -0.2) is 13.7 Å². The zero-order chi connectivity index (χ0) is 14.2. The molecular weight excluding hydrogens is 246 g/mol. The Morgan fingerprint density at radius 2 is 1.85 bits per heavy atom. The van der Waals surface area contributed by atoms with E-state index in [-0.39, 0.29) is 0 Å². The van der Waals surface area contributed by atoms with Gasteiger partial charge in [-0.25, -0.2) is 0 Å². The Morgan fingerprint density at radius 3 is 2.60 bits per heavy atom. The molecule has 106 valence electrons. The van der Waals surface area contributed by atoms with E-state index in [1.54, 1.807) is 7.11 Å². The van der Waals surface area contributed by atoms with Crippen LogP contribution in [0.2, 0.25) is 0 Å². The predicted molar refractivity (Wildman–Crippen MR) is 84.2 cm³/mol. The van der Waals surface area contributed by atoms with Crippen LogP contribution in [0, 0.1) is 0 Å². The molecule has 1 N–H and O–H groups in total. The van der Waals surface area contributed by atoms with Gasteiger partial charge in [0.05, 0.1) is 7.11 Å². The van der Waals surface area contributed by atoms with Crippen molar-refractivity contribution in [3.63, 3.8) is 0 Å². The lowest BCUT2D eigenvalue weighted by Crippen LogP contribution is -2.16. The highest BCUT2D eigenvalue weighted by molar-refractivity contribution is 5.28. The van der Waals surface area contributed by atoms with E-state index < -0.39 is 0 Å². The lowest BCUT2D eigenvalue weighted by Gasteiger charge is -2.12. The molecule has 0 saturated heterocycles. The fourth-order valence-corrected chi connectivity index (χ4v) is 2.28. The van der Waals surface area contributed by atoms with Crippen LogP contribution in [0.3, 0.4) is 0 Å². The molecule has 0 aliphatic rings. The molecule has 2 heteroatoms. The summed E-state index contributed by atoms with van der Waals surface area (Å²) in [6.07, 6.45) is 1.15. The van der Waals surface area contributed by atoms with E-state index in [0.29, 0.717) is 5.92 Å². The van der Waals surface area contributed by atoms with Crippen molar-refractivity contribution in [1.29, 1.82) is 0 Å². The third-order valence-corrected chi connectivity index (χ3v) is 3.59. The number of methoxy groups -OCH3 is 1. The van der Waals surface area contributed by atoms with E-state index in [0.717, 1.165) is 25.3 Å². The summed E-state index contributed by atoms with van der Waals surface area (Å²) in [7, 11) is 1.70. The van der Waals surface area contributed by atoms with Crippen LogP contribution in [0.4, 0.5) is 0 Å². The first kappa shape index (κ1) is 14.6. The molecule has 0 aromatic heterocycles. The van der Waals surface area contributed by atoms with Crippen LogP contribution in [0.1, 0.15) is 30.4 Å². The molecule has 0 fully saturated rings. The summed E-state index contributed by atoms with van der Waals surface area (Å²) in [6, 6.07) is 18.9. The molecule has 2 nitrogen and oxygen atoms in total. The molecule has 20 heavy (non-hydrogen) atoms. The Bertz CT molecular complexity index is 510. The number of nitrogens with one attached hydrogen (secondary N) is 1. The van der Waals surface area contributed by atoms with Gasteiger partial charge in [0.15, 0.2) is 0 Å². The first-order chi connectivity index (χ1) is 9.79. The molecule has 0 aliphatic heterocycles. The number of benzene rings is 2. The van der Waals surface area contributed by atoms with Crippen LogP contribution in [-0.2, 0) is 6.54 Å². The highest BCUT2D eigenvalue weighted by Crippen LogP contribution is 2.17. The summed E-state index contributed by atoms with van der Waals surface area (Å²) in [6.45, 7) is 4.19. The lowest BCUT2D eigenvalue weighted by atomic mass is 9.98. The smallest absolute Gasteiger partial charge is 0.119 e. The minimum Gasteiger partial charge on any atom is -0.497 e. The van der Waals surface area contributed by atoms with E-state index in [1.807, 2.05) is 12.1 Å². The molecule has 2 aromatic carbocycles. The molecule has 0 bridgehead atoms. The Labute approximate surface area is 121 Å². The van der Waals surface area contributed by atoms with Crippen LogP contribution >= 0.6 is 0 Å². The average molecular weight is 269 g/mol. The third-order valence-electron chi connectivity index (χ3n) is 3.59. The van der Waals surface area contributed by atoms with Gasteiger partial charge in [-0.15, -0.1) is 0 Å². The van der Waals surface area contributed by atoms with Gasteiger partial charge < -0.3 is 10.1 Å². The van der Waals surface area contributed by atoms with Crippen LogP contribution in [0.15, 0.2) is 54.6 Å². The monoisotopic (exact) mass is 269 g/mol. The van der Waals surface area contributed by atoms with E-state index in [4.69, 9.17) is 4.74 Å². The first-order valence-corrected chi connectivity index (χ1v) is 7.18. The fraction of sp³-hybridized carbons (Fsp3) is 0.333. The maximum Gasteiger partial charge on any atom is 0.119 e. The van der Waals surface area contributed by atoms with Gasteiger partial charge in [0.2, 0.25) is 0 Å². The number of rotatable bonds is 7. The number of hydrogen-bond donors (Lipinski definition) is 1. The van der Waals surface area contributed by atoms with Crippen molar-refractivity contribution in [2.45, 2.75) is 25.8 Å². The van der Waals surface area contributed by atoms with Crippen molar-refractivity contribution in [1.82, 2.24) is 5.32 Å². The molecule has 0 amide bonds. The minimum absolute atomic E-state index is 0.592. The van der Waals surface area contributed by atoms with E-state index >= 15 is 0 Å². The molecule has 1 unspecified atom stereocenters. The summed E-state index contributed by atoms with van der Waals surface area (Å²) in [4.78, 5) is 0. The minimum atomic E-state index is 0.592. The number of ether oxygens (including phenoxy) is 1. The Kier molecular flexibility index (Phi) is 5.63. The van der Waals surface area contributed by atoms with Gasteiger partial charge in [-0.3, -0.25) is 0 Å². The van der Waals surface area contributed by atoms with Gasteiger partial charge in [-0.2, -0.15) is 0 Å². The molecular formula is C18H23NO. The molecule has 0 radical (unpaired) electrons. The van der Waals surface area contributed by atoms with E-state index in [1.165, 1.54) is 11.1 Å². The zero-order valence-corrected chi connectivity index (χ0v) is 12.3. The SMILES string of the molecule is COc1cccc(CNCCC(C)c2ccccc2)c1. The largest absolute Gasteiger partial charge is 0.497 e. The van der Waals surface area contributed by atoms with Crippen molar-refractivity contribution in [3.05, 3.63) is 65.7 Å². The average Bonchev–Trinajstić information content (AvgIpc) is 2.52. The zero-order valence-electron chi connectivity index (χ0n) is 12.3. The van der Waals surface area contributed by atoms with Gasteiger partial charge in [0, 0.05) is 6.54 Å². The number of hydrogen-bond acceptors (Lipinski definition) is 2. The van der Waals surface area contributed by atoms with E-state index in [9.17, 15) is 0 Å². The summed E-state index contributed by atoms with van der Waals surface area (Å²) < 4.78 is 5.23. The van der Waals surface area contributed by atoms with Gasteiger partial charge in [-0.1, -0.05) is 49.4 Å². The normalized spacial score (nSPS) is 12.1. The summed E-state index contributed by atoms with van der Waals surface area (Å²) in [5.74, 6) is 1.51. The van der Waals surface area contributed by atoms with E-state index in [2.05, 4.69) is 54.7 Å². The predicted octanol–water partition coefficient (Wildman–Crippen LogP) is 3.98. The second-order valence-electron chi connectivity index (χ2n) is 5.13. The molecule has 1 atom stereocenters. The molecule has 0 spiro atoms. The second kappa shape index (κ2) is 7.71. The van der Waals surface area contributed by atoms with Crippen molar-refractivity contribution in [2.75, 3.05) is 13.7 Å². The summed E-state index contributed by atoms with van der Waals surface area (Å²) in [5, 5.41) is 3.50. The summed E-state index contributed by atoms with van der Waals surface area (Å²) >= 11 is 0. The van der Waals surface area contributed by atoms with Gasteiger partial charge in [0.1, 0.15) is 5.75 Å². The van der Waals surface area contributed by atoms with Crippen LogP contribution in [0.25, 0.3) is 0 Å². The lowest BCUT2D eigenvalue weighted by molar-refractivity contribution is 0.414. The topological polar surface area (TPSA) is 21.3 Å². The highest BCUT2D eigenvalue weighted by atomic mass is 16.5. The van der Waals surface area contributed by atoms with Crippen LogP contribution < -0.4 is 10.1 Å². The van der Waals surface area contributed by atoms with Crippen molar-refractivity contribution < 1.29 is 4.74 Å². The molecule has 0 aliphatic carbocycles. The van der Waals surface area contributed by atoms with Gasteiger partial charge in [0.25, 0.3) is 0 Å². The van der Waals surface area contributed by atoms with Crippen LogP contribution in [0.5, 0.6) is 5.75 Å². The molecule has 0 saturated carbocycles. The Morgan fingerprint density at radius 1 is 1.05 bits per heavy atom. The first-order valence-electron chi connectivity index (χ1n) is 7.18. The quantitative estimate of drug-likeness (QED) is 0.768. The highest BCUT2D eigenvalue weighted by Gasteiger charge is 2.04. The Balaban J connectivity index is 1.73. The van der Waals surface area contributed by atoms with Crippen molar-refractivity contribution in [3.8, 4) is 5.75 Å². The standard InChI is InChI=1S/C18H23NO/c1-15(17-8-4-3-5-9-17)11-12-19-14-16-7-6-10-18(13-16)20-2/h3-10,13,15,19H,11-12,14H2,1-2H3. The fourth-order valence-electron chi connectivity index (χ4n) is 2.28. The second-order valence-corrected chi connectivity index (χ2v) is 5.13. The van der Waals surface area contributed by atoms with Crippen molar-refractivity contribution in [2.24, 2.45) is 0 Å². The van der Waals surface area contributed by atoms with Gasteiger partial charge in [-0.05, 0) is 42.1 Å². The van der Waals surface area contributed by atoms with Crippen molar-refractivity contribution >= 4 is 0 Å². The molecule has 2 aromatic rings. The third kappa shape index (κ3) is 4.39. The Hall–Kier alpha value is -1.80. The van der Waals surface area contributed by atoms with Gasteiger partial charge >= 0.3 is 0 Å². The summed E-state index contributed by atoms with van der Waals surface area (Å²) in [5.41, 5.74) is 2.67. The molecule has 2 rings (SSSR count). The maximum atomic E-state index is 5.23. The molecule has 0 heterocycles. The maximum absolute atomic E-state index is 5.23.